The quantitative estimate of drug-likeness (QED) is 0.235. The normalized spacial score (nSPS) is 17.3. The predicted molar refractivity (Wildman–Crippen MR) is 169 cm³/mol. The second kappa shape index (κ2) is 19.3. The standard InChI is InChI=1S/C30H41FN2O4.C4H6O6/c1-23(2)22-37-28-10-6-24(7-11-28)20-29(34)33(21-25-4-8-26(31)9-5-25)27-12-15-32(16-13-27)17-14-30-35-18-3-19-36-30;5-1(3(7)8)2(6)4(9)10/h4-11,23,27,30H,3,12-22H2,1-2H3;1-2,5-6H,(H,7,8)(H,9,10). The van der Waals surface area contributed by atoms with Crippen LogP contribution in [0.25, 0.3) is 0 Å². The van der Waals surface area contributed by atoms with E-state index in [1.54, 1.807) is 12.1 Å². The Morgan fingerprint density at radius 2 is 1.47 bits per heavy atom. The molecule has 2 unspecified atom stereocenters. The molecule has 2 aromatic rings. The minimum Gasteiger partial charge on any atom is -0.493 e. The third-order valence-corrected chi connectivity index (χ3v) is 7.83. The van der Waals surface area contributed by atoms with Crippen molar-refractivity contribution >= 4 is 17.8 Å². The summed E-state index contributed by atoms with van der Waals surface area (Å²) in [7, 11) is 0. The molecule has 0 radical (unpaired) electrons. The Labute approximate surface area is 274 Å². The van der Waals surface area contributed by atoms with Gasteiger partial charge >= 0.3 is 11.9 Å². The minimum absolute atomic E-state index is 0.0924. The van der Waals surface area contributed by atoms with Crippen molar-refractivity contribution in [1.82, 2.24) is 9.80 Å². The molecule has 260 valence electrons. The van der Waals surface area contributed by atoms with Crippen LogP contribution in [0.1, 0.15) is 50.7 Å². The van der Waals surface area contributed by atoms with Gasteiger partial charge in [0.1, 0.15) is 11.6 Å². The second-order valence-electron chi connectivity index (χ2n) is 12.1. The molecule has 0 aromatic heterocycles. The molecule has 0 spiro atoms. The van der Waals surface area contributed by atoms with Crippen LogP contribution < -0.4 is 4.74 Å². The third kappa shape index (κ3) is 13.2. The number of piperidine rings is 1. The second-order valence-corrected chi connectivity index (χ2v) is 12.1. The van der Waals surface area contributed by atoms with Crippen molar-refractivity contribution in [2.45, 2.75) is 77.0 Å². The molecule has 2 fully saturated rings. The van der Waals surface area contributed by atoms with Gasteiger partial charge in [0.05, 0.1) is 26.2 Å². The van der Waals surface area contributed by atoms with Gasteiger partial charge in [-0.3, -0.25) is 4.79 Å². The number of halogens is 1. The molecule has 0 bridgehead atoms. The summed E-state index contributed by atoms with van der Waals surface area (Å²) < 4.78 is 30.6. The highest BCUT2D eigenvalue weighted by Crippen LogP contribution is 2.23. The number of aliphatic hydroxyl groups excluding tert-OH is 2. The molecule has 2 aliphatic rings. The first-order valence-corrected chi connectivity index (χ1v) is 16.0. The highest BCUT2D eigenvalue weighted by molar-refractivity contribution is 5.83. The lowest BCUT2D eigenvalue weighted by Crippen LogP contribution is -2.48. The van der Waals surface area contributed by atoms with Gasteiger partial charge in [0, 0.05) is 38.6 Å². The topological polar surface area (TPSA) is 166 Å². The number of ether oxygens (including phenoxy) is 3. The van der Waals surface area contributed by atoms with E-state index in [9.17, 15) is 18.8 Å². The van der Waals surface area contributed by atoms with Crippen molar-refractivity contribution in [2.24, 2.45) is 5.92 Å². The van der Waals surface area contributed by atoms with Gasteiger partial charge in [0.25, 0.3) is 0 Å². The summed E-state index contributed by atoms with van der Waals surface area (Å²) in [5, 5.41) is 32.5. The first kappa shape index (κ1) is 37.8. The average Bonchev–Trinajstić information content (AvgIpc) is 3.07. The van der Waals surface area contributed by atoms with Crippen LogP contribution in [0.4, 0.5) is 4.39 Å². The molecule has 2 atom stereocenters. The molecule has 4 N–H and O–H groups in total. The highest BCUT2D eigenvalue weighted by Gasteiger charge is 2.30. The molecule has 12 nitrogen and oxygen atoms in total. The molecule has 2 aromatic carbocycles. The van der Waals surface area contributed by atoms with Crippen molar-refractivity contribution in [3.63, 3.8) is 0 Å². The number of carbonyl (C=O) groups is 3. The number of carboxylic acids is 2. The summed E-state index contributed by atoms with van der Waals surface area (Å²) in [4.78, 5) is 37.6. The number of carbonyl (C=O) groups excluding carboxylic acids is 1. The molecular weight excluding hydrogens is 615 g/mol. The Morgan fingerprint density at radius 1 is 0.915 bits per heavy atom. The van der Waals surface area contributed by atoms with E-state index in [1.807, 2.05) is 29.2 Å². The van der Waals surface area contributed by atoms with Crippen LogP contribution in [-0.4, -0.2) is 112 Å². The molecule has 1 amide bonds. The van der Waals surface area contributed by atoms with E-state index in [4.69, 9.17) is 34.6 Å². The van der Waals surface area contributed by atoms with Crippen LogP contribution in [0.2, 0.25) is 0 Å². The lowest BCUT2D eigenvalue weighted by molar-refractivity contribution is -0.183. The van der Waals surface area contributed by atoms with Gasteiger partial charge in [-0.15, -0.1) is 0 Å². The number of aliphatic hydroxyl groups is 2. The molecule has 47 heavy (non-hydrogen) atoms. The number of aliphatic carboxylic acids is 2. The van der Waals surface area contributed by atoms with E-state index in [0.29, 0.717) is 25.5 Å². The fourth-order valence-corrected chi connectivity index (χ4v) is 5.17. The van der Waals surface area contributed by atoms with Crippen LogP contribution in [0.3, 0.4) is 0 Å². The van der Waals surface area contributed by atoms with Gasteiger partial charge in [-0.25, -0.2) is 14.0 Å². The Hall–Kier alpha value is -3.62. The van der Waals surface area contributed by atoms with Gasteiger partial charge in [-0.1, -0.05) is 38.1 Å². The Balaban J connectivity index is 0.000000520. The lowest BCUT2D eigenvalue weighted by Gasteiger charge is -2.39. The van der Waals surface area contributed by atoms with Crippen LogP contribution >= 0.6 is 0 Å². The van der Waals surface area contributed by atoms with Gasteiger partial charge < -0.3 is 44.4 Å². The lowest BCUT2D eigenvalue weighted by atomic mass is 10.0. The van der Waals surface area contributed by atoms with Gasteiger partial charge in [0.15, 0.2) is 18.5 Å². The summed E-state index contributed by atoms with van der Waals surface area (Å²) in [6.45, 7) is 9.77. The largest absolute Gasteiger partial charge is 0.493 e. The Bertz CT molecular complexity index is 1230. The van der Waals surface area contributed by atoms with E-state index in [0.717, 1.165) is 75.4 Å². The van der Waals surface area contributed by atoms with Crippen LogP contribution in [0.5, 0.6) is 5.75 Å². The summed E-state index contributed by atoms with van der Waals surface area (Å²) in [6, 6.07) is 14.5. The SMILES string of the molecule is CC(C)COc1ccc(CC(=O)N(Cc2ccc(F)cc2)C2CCN(CCC3OCCCO3)CC2)cc1.O=C(O)C(O)C(O)C(=O)O. The van der Waals surface area contributed by atoms with E-state index in [-0.39, 0.29) is 24.1 Å². The number of carboxylic acid groups (broad SMARTS) is 2. The average molecular weight is 663 g/mol. The molecule has 4 rings (SSSR count). The molecule has 2 aliphatic heterocycles. The van der Waals surface area contributed by atoms with E-state index in [2.05, 4.69) is 18.7 Å². The summed E-state index contributed by atoms with van der Waals surface area (Å²) in [5.41, 5.74) is 1.91. The first-order valence-electron chi connectivity index (χ1n) is 16.0. The smallest absolute Gasteiger partial charge is 0.335 e. The third-order valence-electron chi connectivity index (χ3n) is 7.83. The van der Waals surface area contributed by atoms with Crippen molar-refractivity contribution in [3.05, 3.63) is 65.5 Å². The van der Waals surface area contributed by atoms with Crippen molar-refractivity contribution < 1.29 is 53.4 Å². The fourth-order valence-electron chi connectivity index (χ4n) is 5.17. The van der Waals surface area contributed by atoms with E-state index < -0.39 is 24.1 Å². The zero-order valence-corrected chi connectivity index (χ0v) is 27.0. The summed E-state index contributed by atoms with van der Waals surface area (Å²) in [6.07, 6.45) is -0.610. The fraction of sp³-hybridized carbons (Fsp3) is 0.559. The van der Waals surface area contributed by atoms with Crippen LogP contribution in [0, 0.1) is 11.7 Å². The molecule has 2 heterocycles. The van der Waals surface area contributed by atoms with Crippen LogP contribution in [0.15, 0.2) is 48.5 Å². The van der Waals surface area contributed by atoms with Gasteiger partial charge in [0.2, 0.25) is 5.91 Å². The Morgan fingerprint density at radius 3 is 2.00 bits per heavy atom. The number of nitrogens with zero attached hydrogens (tertiary/aromatic N) is 2. The molecule has 13 heteroatoms. The zero-order chi connectivity index (χ0) is 34.3. The Kier molecular flexibility index (Phi) is 15.5. The van der Waals surface area contributed by atoms with E-state index >= 15 is 0 Å². The predicted octanol–water partition coefficient (Wildman–Crippen LogP) is 2.93. The summed E-state index contributed by atoms with van der Waals surface area (Å²) in [5.74, 6) is -2.42. The van der Waals surface area contributed by atoms with Gasteiger partial charge in [-0.05, 0) is 60.6 Å². The monoisotopic (exact) mass is 662 g/mol. The molecular formula is C34H47FN2O10. The number of hydrogen-bond donors (Lipinski definition) is 4. The maximum Gasteiger partial charge on any atom is 0.335 e. The number of likely N-dealkylation sites (tertiary alicyclic amines) is 1. The zero-order valence-electron chi connectivity index (χ0n) is 27.0. The minimum atomic E-state index is -2.27. The maximum absolute atomic E-state index is 13.6. The summed E-state index contributed by atoms with van der Waals surface area (Å²) >= 11 is 0. The molecule has 0 aliphatic carbocycles. The van der Waals surface area contributed by atoms with Crippen molar-refractivity contribution in [2.75, 3.05) is 39.5 Å². The number of amides is 1. The first-order chi connectivity index (χ1) is 22.4. The number of hydrogen-bond acceptors (Lipinski definition) is 9. The van der Waals surface area contributed by atoms with E-state index in [1.165, 1.54) is 12.1 Å². The molecule has 2 saturated heterocycles. The van der Waals surface area contributed by atoms with Crippen molar-refractivity contribution in [1.29, 1.82) is 0 Å². The maximum atomic E-state index is 13.6. The van der Waals surface area contributed by atoms with Gasteiger partial charge in [-0.2, -0.15) is 0 Å². The molecule has 0 saturated carbocycles. The highest BCUT2D eigenvalue weighted by atomic mass is 19.1. The van der Waals surface area contributed by atoms with Crippen LogP contribution in [-0.2, 0) is 36.8 Å². The number of rotatable bonds is 14. The van der Waals surface area contributed by atoms with Crippen molar-refractivity contribution in [3.8, 4) is 5.75 Å². The number of benzene rings is 2.